The van der Waals surface area contributed by atoms with Gasteiger partial charge >= 0.3 is 0 Å². The van der Waals surface area contributed by atoms with Crippen LogP contribution in [0.5, 0.6) is 0 Å². The summed E-state index contributed by atoms with van der Waals surface area (Å²) >= 11 is 0. The molecule has 1 aromatic rings. The molecule has 0 bridgehead atoms. The number of rotatable bonds is 3. The molecule has 1 saturated carbocycles. The van der Waals surface area contributed by atoms with Gasteiger partial charge in [0.05, 0.1) is 21.3 Å². The Hall–Kier alpha value is -1.98. The first-order valence-corrected chi connectivity index (χ1v) is 15.8. The molecule has 0 radical (unpaired) electrons. The first-order valence-electron chi connectivity index (χ1n) is 12.3. The summed E-state index contributed by atoms with van der Waals surface area (Å²) in [6.07, 6.45) is 5.28. The summed E-state index contributed by atoms with van der Waals surface area (Å²) < 4.78 is 19.5. The third-order valence-electron chi connectivity index (χ3n) is 7.83. The third kappa shape index (κ3) is 2.91. The maximum absolute atomic E-state index is 6.73. The Morgan fingerprint density at radius 2 is 1.76 bits per heavy atom. The molecule has 2 heterocycles. The fourth-order valence-corrected chi connectivity index (χ4v) is 9.05. The minimum atomic E-state index is -1.77. The Balaban J connectivity index is 1.75. The van der Waals surface area contributed by atoms with Crippen LogP contribution in [-0.4, -0.2) is 38.8 Å². The molecule has 1 aromatic carbocycles. The highest BCUT2D eigenvalue weighted by Gasteiger charge is 2.67. The molecule has 2 aliphatic heterocycles. The Morgan fingerprint density at radius 3 is 2.45 bits per heavy atom. The highest BCUT2D eigenvalue weighted by Crippen LogP contribution is 2.65. The lowest BCUT2D eigenvalue weighted by Gasteiger charge is -2.52. The van der Waals surface area contributed by atoms with Gasteiger partial charge in [-0.25, -0.2) is 0 Å². The lowest BCUT2D eigenvalue weighted by molar-refractivity contribution is -0.153. The van der Waals surface area contributed by atoms with E-state index in [1.54, 1.807) is 0 Å². The second kappa shape index (κ2) is 7.02. The predicted molar refractivity (Wildman–Crippen MR) is 135 cm³/mol. The van der Waals surface area contributed by atoms with Gasteiger partial charge in [0.25, 0.3) is 0 Å². The van der Waals surface area contributed by atoms with Crippen molar-refractivity contribution in [2.24, 2.45) is 0 Å². The normalized spacial score (nSPS) is 37.1. The average molecular weight is 459 g/mol. The Bertz CT molecular complexity index is 1190. The fourth-order valence-electron chi connectivity index (χ4n) is 6.89. The first kappa shape index (κ1) is 21.5. The minimum Gasteiger partial charge on any atom is -0.372 e. The molecule has 3 nitrogen and oxygen atoms in total. The van der Waals surface area contributed by atoms with Crippen LogP contribution in [0.3, 0.4) is 0 Å². The molecular formula is C29H34O3Si. The van der Waals surface area contributed by atoms with Crippen LogP contribution in [0.2, 0.25) is 19.6 Å². The van der Waals surface area contributed by atoms with E-state index in [1.165, 1.54) is 49.8 Å². The summed E-state index contributed by atoms with van der Waals surface area (Å²) in [5.41, 5.74) is 10.5. The number of fused-ring (bicyclic) bond motifs is 2. The average Bonchev–Trinajstić information content (AvgIpc) is 3.27. The van der Waals surface area contributed by atoms with Crippen molar-refractivity contribution in [3.63, 3.8) is 0 Å². The van der Waals surface area contributed by atoms with Gasteiger partial charge < -0.3 is 14.2 Å². The topological polar surface area (TPSA) is 27.7 Å². The zero-order chi connectivity index (χ0) is 23.2. The first-order chi connectivity index (χ1) is 15.7. The number of hydrogen-bond donors (Lipinski definition) is 0. The van der Waals surface area contributed by atoms with Crippen LogP contribution >= 0.6 is 0 Å². The predicted octanol–water partition coefficient (Wildman–Crippen LogP) is 6.53. The van der Waals surface area contributed by atoms with Crippen molar-refractivity contribution in [1.82, 2.24) is 0 Å². The molecule has 5 aliphatic rings. The SMILES string of the molecule is C=C/C1=C(c2ccccc2)/C([Si](C)(C)C)=C2/COC/C2=C2C3=C1CCCC31OC(C)(C)OC/21. The van der Waals surface area contributed by atoms with Crippen LogP contribution in [0.1, 0.15) is 38.7 Å². The number of ether oxygens (including phenoxy) is 3. The molecule has 0 N–H and O–H groups in total. The van der Waals surface area contributed by atoms with Crippen LogP contribution in [0.25, 0.3) is 5.57 Å². The highest BCUT2D eigenvalue weighted by atomic mass is 28.3. The van der Waals surface area contributed by atoms with Crippen molar-refractivity contribution < 1.29 is 14.2 Å². The van der Waals surface area contributed by atoms with E-state index in [9.17, 15) is 0 Å². The number of benzene rings is 1. The van der Waals surface area contributed by atoms with Crippen molar-refractivity contribution in [2.45, 2.75) is 70.2 Å². The van der Waals surface area contributed by atoms with Gasteiger partial charge in [0.15, 0.2) is 5.79 Å². The van der Waals surface area contributed by atoms with Crippen molar-refractivity contribution in [3.05, 3.63) is 87.2 Å². The molecule has 4 heteroatoms. The molecule has 2 saturated heterocycles. The van der Waals surface area contributed by atoms with Gasteiger partial charge in [-0.1, -0.05) is 62.6 Å². The Morgan fingerprint density at radius 1 is 1.03 bits per heavy atom. The van der Waals surface area contributed by atoms with Gasteiger partial charge in [-0.05, 0) is 82.9 Å². The summed E-state index contributed by atoms with van der Waals surface area (Å²) in [4.78, 5) is 0. The van der Waals surface area contributed by atoms with Gasteiger partial charge in [0, 0.05) is 0 Å². The summed E-state index contributed by atoms with van der Waals surface area (Å²) in [6.45, 7) is 17.2. The molecule has 1 spiro atoms. The van der Waals surface area contributed by atoms with E-state index in [0.717, 1.165) is 19.3 Å². The fraction of sp³-hybridized carbons (Fsp3) is 0.448. The maximum Gasteiger partial charge on any atom is 0.165 e. The lowest BCUT2D eigenvalue weighted by atomic mass is 9.57. The van der Waals surface area contributed by atoms with Crippen LogP contribution in [0, 0.1) is 0 Å². The summed E-state index contributed by atoms with van der Waals surface area (Å²) in [7, 11) is -1.77. The molecule has 2 unspecified atom stereocenters. The van der Waals surface area contributed by atoms with E-state index in [0.29, 0.717) is 13.2 Å². The van der Waals surface area contributed by atoms with E-state index in [1.807, 2.05) is 0 Å². The van der Waals surface area contributed by atoms with E-state index < -0.39 is 13.9 Å². The minimum absolute atomic E-state index is 0.00303. The molecule has 3 aliphatic carbocycles. The monoisotopic (exact) mass is 458 g/mol. The van der Waals surface area contributed by atoms with Crippen molar-refractivity contribution >= 4 is 13.6 Å². The number of hydrogen-bond acceptors (Lipinski definition) is 3. The van der Waals surface area contributed by atoms with Gasteiger partial charge in [-0.15, -0.1) is 0 Å². The molecule has 2 atom stereocenters. The van der Waals surface area contributed by atoms with Crippen LogP contribution in [0.4, 0.5) is 0 Å². The van der Waals surface area contributed by atoms with Crippen molar-refractivity contribution in [3.8, 4) is 0 Å². The largest absolute Gasteiger partial charge is 0.372 e. The highest BCUT2D eigenvalue weighted by molar-refractivity contribution is 6.85. The lowest BCUT2D eigenvalue weighted by Crippen LogP contribution is -2.57. The molecule has 6 rings (SSSR count). The molecule has 3 fully saturated rings. The smallest absolute Gasteiger partial charge is 0.165 e. The second-order valence-electron chi connectivity index (χ2n) is 11.4. The molecule has 0 amide bonds. The second-order valence-corrected chi connectivity index (χ2v) is 16.4. The molecule has 0 aromatic heterocycles. The van der Waals surface area contributed by atoms with E-state index in [-0.39, 0.29) is 11.7 Å². The maximum atomic E-state index is 6.73. The zero-order valence-electron chi connectivity index (χ0n) is 20.5. The standard InChI is InChI=1S/C29H34O3Si/c1-7-19-20-14-11-15-29-25(20)24(27(29)31-28(2,3)32-29)21-16-30-17-22(21)26(33(4,5)6)23(19)18-12-9-8-10-13-18/h7-10,12-13,27H,1,11,14-17H2,2-6H3/b20-19?,23-19-,24-21+,26-22+,26-23?. The van der Waals surface area contributed by atoms with E-state index >= 15 is 0 Å². The zero-order valence-corrected chi connectivity index (χ0v) is 21.5. The molecular weight excluding hydrogens is 424 g/mol. The molecule has 172 valence electrons. The summed E-state index contributed by atoms with van der Waals surface area (Å²) in [5, 5.41) is 1.51. The van der Waals surface area contributed by atoms with Gasteiger partial charge in [-0.2, -0.15) is 0 Å². The van der Waals surface area contributed by atoms with E-state index in [4.69, 9.17) is 14.2 Å². The van der Waals surface area contributed by atoms with Crippen molar-refractivity contribution in [1.29, 1.82) is 0 Å². The summed E-state index contributed by atoms with van der Waals surface area (Å²) in [5.74, 6) is -0.583. The van der Waals surface area contributed by atoms with Crippen molar-refractivity contribution in [2.75, 3.05) is 13.2 Å². The van der Waals surface area contributed by atoms with Gasteiger partial charge in [0.1, 0.15) is 11.7 Å². The third-order valence-corrected chi connectivity index (χ3v) is 9.88. The van der Waals surface area contributed by atoms with Gasteiger partial charge in [-0.3, -0.25) is 0 Å². The summed E-state index contributed by atoms with van der Waals surface area (Å²) in [6, 6.07) is 10.9. The molecule has 33 heavy (non-hydrogen) atoms. The Labute approximate surface area is 198 Å². The Kier molecular flexibility index (Phi) is 4.58. The van der Waals surface area contributed by atoms with Crippen LogP contribution in [-0.2, 0) is 14.2 Å². The number of allylic oxidation sites excluding steroid dienone is 5. The van der Waals surface area contributed by atoms with E-state index in [2.05, 4.69) is 76.5 Å². The van der Waals surface area contributed by atoms with Gasteiger partial charge in [0.2, 0.25) is 0 Å². The quantitative estimate of drug-likeness (QED) is 0.482. The van der Waals surface area contributed by atoms with Crippen LogP contribution in [0.15, 0.2) is 81.6 Å². The van der Waals surface area contributed by atoms with Crippen LogP contribution < -0.4 is 0 Å².